The van der Waals surface area contributed by atoms with E-state index in [0.29, 0.717) is 5.25 Å². The minimum atomic E-state index is -0.0366. The van der Waals surface area contributed by atoms with Crippen LogP contribution < -0.4 is 11.1 Å². The lowest BCUT2D eigenvalue weighted by molar-refractivity contribution is 0.0960. The number of anilines is 1. The summed E-state index contributed by atoms with van der Waals surface area (Å²) in [5.74, 6) is -0.0366. The molecule has 0 bridgehead atoms. The summed E-state index contributed by atoms with van der Waals surface area (Å²) < 4.78 is 0. The molecule has 1 amide bonds. The van der Waals surface area contributed by atoms with Crippen LogP contribution >= 0.6 is 11.8 Å². The third-order valence-electron chi connectivity index (χ3n) is 3.07. The Bertz CT molecular complexity index is 414. The molecule has 17 heavy (non-hydrogen) atoms. The summed E-state index contributed by atoms with van der Waals surface area (Å²) in [4.78, 5) is 12.8. The SMILES string of the molecule is CNC(=O)c1ccc(N)cc1SC1CCCC1. The molecule has 1 aliphatic carbocycles. The lowest BCUT2D eigenvalue weighted by Gasteiger charge is -2.13. The average Bonchev–Trinajstić information content (AvgIpc) is 2.81. The molecule has 1 saturated carbocycles. The molecule has 0 spiro atoms. The third-order valence-corrected chi connectivity index (χ3v) is 4.47. The fourth-order valence-electron chi connectivity index (χ4n) is 2.14. The first kappa shape index (κ1) is 12.3. The Kier molecular flexibility index (Phi) is 3.94. The number of hydrogen-bond acceptors (Lipinski definition) is 3. The molecule has 0 radical (unpaired) electrons. The summed E-state index contributed by atoms with van der Waals surface area (Å²) in [5.41, 5.74) is 7.25. The first-order chi connectivity index (χ1) is 8.20. The highest BCUT2D eigenvalue weighted by Gasteiger charge is 2.19. The molecule has 1 aliphatic rings. The molecule has 0 aliphatic heterocycles. The van der Waals surface area contributed by atoms with Gasteiger partial charge in [-0.2, -0.15) is 0 Å². The van der Waals surface area contributed by atoms with E-state index in [-0.39, 0.29) is 5.91 Å². The molecule has 0 unspecified atom stereocenters. The van der Waals surface area contributed by atoms with Gasteiger partial charge in [-0.05, 0) is 31.0 Å². The Morgan fingerprint density at radius 1 is 1.41 bits per heavy atom. The van der Waals surface area contributed by atoms with Crippen molar-refractivity contribution in [2.45, 2.75) is 35.8 Å². The van der Waals surface area contributed by atoms with E-state index in [2.05, 4.69) is 5.32 Å². The van der Waals surface area contributed by atoms with Gasteiger partial charge >= 0.3 is 0 Å². The van der Waals surface area contributed by atoms with Crippen LogP contribution in [0.4, 0.5) is 5.69 Å². The molecule has 3 nitrogen and oxygen atoms in total. The molecule has 1 aromatic carbocycles. The van der Waals surface area contributed by atoms with Crippen LogP contribution in [0.15, 0.2) is 23.1 Å². The number of hydrogen-bond donors (Lipinski definition) is 2. The van der Waals surface area contributed by atoms with Gasteiger partial charge in [0.25, 0.3) is 5.91 Å². The number of rotatable bonds is 3. The number of carbonyl (C=O) groups excluding carboxylic acids is 1. The van der Waals surface area contributed by atoms with E-state index in [4.69, 9.17) is 5.73 Å². The molecule has 1 aromatic rings. The second kappa shape index (κ2) is 5.45. The van der Waals surface area contributed by atoms with Gasteiger partial charge < -0.3 is 11.1 Å². The Hall–Kier alpha value is -1.16. The molecule has 0 saturated heterocycles. The molecule has 1 fully saturated rings. The Morgan fingerprint density at radius 3 is 2.76 bits per heavy atom. The normalized spacial score (nSPS) is 16.1. The van der Waals surface area contributed by atoms with Gasteiger partial charge in [0.15, 0.2) is 0 Å². The second-order valence-electron chi connectivity index (χ2n) is 4.36. The number of nitrogens with one attached hydrogen (secondary N) is 1. The van der Waals surface area contributed by atoms with Gasteiger partial charge in [-0.15, -0.1) is 11.8 Å². The van der Waals surface area contributed by atoms with Crippen molar-refractivity contribution in [3.63, 3.8) is 0 Å². The van der Waals surface area contributed by atoms with Crippen LogP contribution in [0.5, 0.6) is 0 Å². The van der Waals surface area contributed by atoms with Gasteiger partial charge in [-0.1, -0.05) is 12.8 Å². The largest absolute Gasteiger partial charge is 0.399 e. The Balaban J connectivity index is 2.22. The van der Waals surface area contributed by atoms with E-state index in [9.17, 15) is 4.79 Å². The van der Waals surface area contributed by atoms with Crippen molar-refractivity contribution >= 4 is 23.4 Å². The fraction of sp³-hybridized carbons (Fsp3) is 0.462. The molecule has 0 heterocycles. The molecule has 92 valence electrons. The van der Waals surface area contributed by atoms with Gasteiger partial charge in [0.05, 0.1) is 5.56 Å². The van der Waals surface area contributed by atoms with Crippen molar-refractivity contribution in [3.05, 3.63) is 23.8 Å². The zero-order valence-corrected chi connectivity index (χ0v) is 10.8. The van der Waals surface area contributed by atoms with Crippen LogP contribution in [0, 0.1) is 0 Å². The number of nitrogen functional groups attached to an aromatic ring is 1. The van der Waals surface area contributed by atoms with Crippen molar-refractivity contribution in [1.29, 1.82) is 0 Å². The minimum Gasteiger partial charge on any atom is -0.399 e. The maximum absolute atomic E-state index is 11.8. The van der Waals surface area contributed by atoms with E-state index in [0.717, 1.165) is 16.1 Å². The van der Waals surface area contributed by atoms with Gasteiger partial charge in [0.1, 0.15) is 0 Å². The highest BCUT2D eigenvalue weighted by atomic mass is 32.2. The van der Waals surface area contributed by atoms with Crippen LogP contribution in [-0.2, 0) is 0 Å². The van der Waals surface area contributed by atoms with E-state index in [1.807, 2.05) is 12.1 Å². The summed E-state index contributed by atoms with van der Waals surface area (Å²) >= 11 is 1.79. The zero-order chi connectivity index (χ0) is 12.3. The lowest BCUT2D eigenvalue weighted by Crippen LogP contribution is -2.19. The molecule has 4 heteroatoms. The lowest BCUT2D eigenvalue weighted by atomic mass is 10.2. The van der Waals surface area contributed by atoms with E-state index in [1.165, 1.54) is 25.7 Å². The zero-order valence-electron chi connectivity index (χ0n) is 10.0. The first-order valence-corrected chi connectivity index (χ1v) is 6.87. The van der Waals surface area contributed by atoms with Crippen LogP contribution in [-0.4, -0.2) is 18.2 Å². The van der Waals surface area contributed by atoms with Crippen molar-refractivity contribution in [3.8, 4) is 0 Å². The predicted octanol–water partition coefficient (Wildman–Crippen LogP) is 2.66. The molecule has 0 atom stereocenters. The molecule has 2 rings (SSSR count). The average molecular weight is 250 g/mol. The summed E-state index contributed by atoms with van der Waals surface area (Å²) in [6, 6.07) is 5.50. The predicted molar refractivity (Wildman–Crippen MR) is 72.4 cm³/mol. The third kappa shape index (κ3) is 2.94. The Labute approximate surface area is 106 Å². The Morgan fingerprint density at radius 2 is 2.12 bits per heavy atom. The standard InChI is InChI=1S/C13H18N2OS/c1-15-13(16)11-7-6-9(14)8-12(11)17-10-4-2-3-5-10/h6-8,10H,2-5,14H2,1H3,(H,15,16). The number of benzene rings is 1. The first-order valence-electron chi connectivity index (χ1n) is 5.99. The van der Waals surface area contributed by atoms with Gasteiger partial charge in [-0.25, -0.2) is 0 Å². The highest BCUT2D eigenvalue weighted by molar-refractivity contribution is 8.00. The summed E-state index contributed by atoms with van der Waals surface area (Å²) in [7, 11) is 1.66. The van der Waals surface area contributed by atoms with E-state index < -0.39 is 0 Å². The maximum atomic E-state index is 11.8. The number of amides is 1. The molecule has 3 N–H and O–H groups in total. The van der Waals surface area contributed by atoms with Crippen LogP contribution in [0.3, 0.4) is 0 Å². The van der Waals surface area contributed by atoms with Crippen LogP contribution in [0.1, 0.15) is 36.0 Å². The molecular weight excluding hydrogens is 232 g/mol. The van der Waals surface area contributed by atoms with Crippen molar-refractivity contribution < 1.29 is 4.79 Å². The van der Waals surface area contributed by atoms with Crippen LogP contribution in [0.2, 0.25) is 0 Å². The summed E-state index contributed by atoms with van der Waals surface area (Å²) in [6.45, 7) is 0. The monoisotopic (exact) mass is 250 g/mol. The highest BCUT2D eigenvalue weighted by Crippen LogP contribution is 2.37. The topological polar surface area (TPSA) is 55.1 Å². The molecule has 0 aromatic heterocycles. The molecular formula is C13H18N2OS. The van der Waals surface area contributed by atoms with Crippen LogP contribution in [0.25, 0.3) is 0 Å². The van der Waals surface area contributed by atoms with Gasteiger partial charge in [-0.3, -0.25) is 4.79 Å². The number of thioether (sulfide) groups is 1. The van der Waals surface area contributed by atoms with Crippen molar-refractivity contribution in [2.24, 2.45) is 0 Å². The van der Waals surface area contributed by atoms with Gasteiger partial charge in [0, 0.05) is 22.9 Å². The van der Waals surface area contributed by atoms with Crippen molar-refractivity contribution in [2.75, 3.05) is 12.8 Å². The number of carbonyl (C=O) groups is 1. The number of nitrogens with two attached hydrogens (primary N) is 1. The second-order valence-corrected chi connectivity index (χ2v) is 5.70. The van der Waals surface area contributed by atoms with Crippen molar-refractivity contribution in [1.82, 2.24) is 5.32 Å². The maximum Gasteiger partial charge on any atom is 0.252 e. The summed E-state index contributed by atoms with van der Waals surface area (Å²) in [5, 5.41) is 3.31. The van der Waals surface area contributed by atoms with E-state index >= 15 is 0 Å². The van der Waals surface area contributed by atoms with E-state index in [1.54, 1.807) is 24.9 Å². The smallest absolute Gasteiger partial charge is 0.252 e. The van der Waals surface area contributed by atoms with Gasteiger partial charge in [0.2, 0.25) is 0 Å². The fourth-order valence-corrected chi connectivity index (χ4v) is 3.56. The quantitative estimate of drug-likeness (QED) is 0.811. The minimum absolute atomic E-state index is 0.0366. The summed E-state index contributed by atoms with van der Waals surface area (Å²) in [6.07, 6.45) is 5.09.